The lowest BCUT2D eigenvalue weighted by molar-refractivity contribution is -0.121. The number of aryl methyl sites for hydroxylation is 1. The van der Waals surface area contributed by atoms with Crippen molar-refractivity contribution >= 4 is 5.91 Å². The van der Waals surface area contributed by atoms with Gasteiger partial charge in [0.25, 0.3) is 0 Å². The number of fused-ring (bicyclic) bond motifs is 1. The van der Waals surface area contributed by atoms with Gasteiger partial charge >= 0.3 is 0 Å². The first kappa shape index (κ1) is 17.1. The van der Waals surface area contributed by atoms with Crippen LogP contribution in [0.25, 0.3) is 11.4 Å². The molecule has 2 heterocycles. The van der Waals surface area contributed by atoms with Crippen LogP contribution in [-0.4, -0.2) is 22.8 Å². The Morgan fingerprint density at radius 2 is 1.93 bits per heavy atom. The molecule has 138 valence electrons. The van der Waals surface area contributed by atoms with Gasteiger partial charge in [-0.15, -0.1) is 0 Å². The molecule has 0 bridgehead atoms. The predicted octanol–water partition coefficient (Wildman–Crippen LogP) is 3.19. The first-order valence-electron chi connectivity index (χ1n) is 8.67. The van der Waals surface area contributed by atoms with Crippen molar-refractivity contribution in [3.8, 4) is 22.9 Å². The number of hydrogen-bond acceptors (Lipinski definition) is 6. The van der Waals surface area contributed by atoms with Crippen molar-refractivity contribution in [1.82, 2.24) is 15.5 Å². The monoisotopic (exact) mass is 365 g/mol. The van der Waals surface area contributed by atoms with Crippen molar-refractivity contribution in [2.24, 2.45) is 0 Å². The summed E-state index contributed by atoms with van der Waals surface area (Å²) in [7, 11) is 0. The Balaban J connectivity index is 1.39. The summed E-state index contributed by atoms with van der Waals surface area (Å²) in [5, 5.41) is 6.88. The molecule has 0 fully saturated rings. The van der Waals surface area contributed by atoms with E-state index in [0.717, 1.165) is 16.7 Å². The van der Waals surface area contributed by atoms with E-state index in [2.05, 4.69) is 15.5 Å². The lowest BCUT2D eigenvalue weighted by Gasteiger charge is -2.10. The summed E-state index contributed by atoms with van der Waals surface area (Å²) >= 11 is 0. The van der Waals surface area contributed by atoms with E-state index in [9.17, 15) is 4.79 Å². The van der Waals surface area contributed by atoms with E-state index in [4.69, 9.17) is 14.0 Å². The second-order valence-electron chi connectivity index (χ2n) is 6.48. The number of amides is 1. The molecule has 1 amide bonds. The molecule has 0 radical (unpaired) electrons. The van der Waals surface area contributed by atoms with Gasteiger partial charge in [-0.05, 0) is 31.5 Å². The van der Waals surface area contributed by atoms with E-state index in [1.807, 2.05) is 50.2 Å². The second-order valence-corrected chi connectivity index (χ2v) is 6.48. The van der Waals surface area contributed by atoms with Crippen LogP contribution in [0.5, 0.6) is 11.5 Å². The summed E-state index contributed by atoms with van der Waals surface area (Å²) in [6.07, 6.45) is 0.222. The third-order valence-corrected chi connectivity index (χ3v) is 4.30. The van der Waals surface area contributed by atoms with Crippen LogP contribution in [0.15, 0.2) is 47.0 Å². The van der Waals surface area contributed by atoms with Crippen LogP contribution >= 0.6 is 0 Å². The average Bonchev–Trinajstić information content (AvgIpc) is 3.31. The van der Waals surface area contributed by atoms with Gasteiger partial charge < -0.3 is 19.3 Å². The Morgan fingerprint density at radius 3 is 2.74 bits per heavy atom. The van der Waals surface area contributed by atoms with Crippen molar-refractivity contribution in [1.29, 1.82) is 0 Å². The first-order valence-corrected chi connectivity index (χ1v) is 8.67. The normalized spacial score (nSPS) is 13.4. The Morgan fingerprint density at radius 1 is 1.15 bits per heavy atom. The topological polar surface area (TPSA) is 86.5 Å². The minimum atomic E-state index is -0.391. The van der Waals surface area contributed by atoms with Gasteiger partial charge in [0.2, 0.25) is 24.4 Å². The minimum absolute atomic E-state index is 0.142. The van der Waals surface area contributed by atoms with Gasteiger partial charge in [0.05, 0.1) is 6.42 Å². The van der Waals surface area contributed by atoms with E-state index in [1.54, 1.807) is 6.07 Å². The third kappa shape index (κ3) is 3.76. The molecule has 4 rings (SSSR count). The van der Waals surface area contributed by atoms with Crippen molar-refractivity contribution in [3.63, 3.8) is 0 Å². The zero-order valence-electron chi connectivity index (χ0n) is 15.1. The van der Waals surface area contributed by atoms with Gasteiger partial charge in [0.1, 0.15) is 6.04 Å². The maximum atomic E-state index is 12.3. The summed E-state index contributed by atoms with van der Waals surface area (Å²) < 4.78 is 15.9. The molecule has 0 aliphatic carbocycles. The Kier molecular flexibility index (Phi) is 4.50. The van der Waals surface area contributed by atoms with Gasteiger partial charge in [-0.3, -0.25) is 4.79 Å². The third-order valence-electron chi connectivity index (χ3n) is 4.30. The molecule has 0 saturated carbocycles. The Bertz CT molecular complexity index is 966. The summed E-state index contributed by atoms with van der Waals surface area (Å²) in [4.78, 5) is 16.7. The fourth-order valence-electron chi connectivity index (χ4n) is 2.82. The molecule has 0 unspecified atom stereocenters. The van der Waals surface area contributed by atoms with Crippen molar-refractivity contribution in [2.45, 2.75) is 26.3 Å². The Hall–Kier alpha value is -3.35. The molecule has 7 nitrogen and oxygen atoms in total. The van der Waals surface area contributed by atoms with Gasteiger partial charge in [-0.25, -0.2) is 0 Å². The number of benzene rings is 2. The number of hydrogen-bond donors (Lipinski definition) is 1. The van der Waals surface area contributed by atoms with Gasteiger partial charge in [0.15, 0.2) is 11.5 Å². The molecule has 3 aromatic rings. The predicted molar refractivity (Wildman–Crippen MR) is 97.3 cm³/mol. The lowest BCUT2D eigenvalue weighted by Crippen LogP contribution is -2.28. The molecule has 1 aromatic heterocycles. The molecule has 1 atom stereocenters. The van der Waals surface area contributed by atoms with Gasteiger partial charge in [0, 0.05) is 5.56 Å². The highest BCUT2D eigenvalue weighted by Crippen LogP contribution is 2.32. The smallest absolute Gasteiger partial charge is 0.249 e. The van der Waals surface area contributed by atoms with E-state index < -0.39 is 6.04 Å². The van der Waals surface area contributed by atoms with Gasteiger partial charge in [-0.2, -0.15) is 4.98 Å². The maximum absolute atomic E-state index is 12.3. The number of ether oxygens (including phenoxy) is 2. The Labute approximate surface area is 156 Å². The molecule has 1 aliphatic heterocycles. The number of nitrogens with zero attached hydrogens (tertiary/aromatic N) is 2. The van der Waals surface area contributed by atoms with Crippen molar-refractivity contribution < 1.29 is 18.8 Å². The fraction of sp³-hybridized carbons (Fsp3) is 0.250. The molecule has 0 spiro atoms. The zero-order valence-corrected chi connectivity index (χ0v) is 15.1. The standard InChI is InChI=1S/C20H19N3O4/c1-12-3-6-15(7-4-12)19-22-20(27-23-19)13(2)21-18(24)10-14-5-8-16-17(9-14)26-11-25-16/h3-9,13H,10-11H2,1-2H3,(H,21,24)/t13-/m0/s1. The molecule has 7 heteroatoms. The van der Waals surface area contributed by atoms with Crippen molar-refractivity contribution in [3.05, 3.63) is 59.5 Å². The summed E-state index contributed by atoms with van der Waals surface area (Å²) in [6.45, 7) is 4.04. The van der Waals surface area contributed by atoms with E-state index >= 15 is 0 Å². The van der Waals surface area contributed by atoms with Crippen LogP contribution in [0.2, 0.25) is 0 Å². The summed E-state index contributed by atoms with van der Waals surface area (Å²) in [5.41, 5.74) is 2.87. The van der Waals surface area contributed by atoms with Crippen LogP contribution in [-0.2, 0) is 11.2 Å². The zero-order chi connectivity index (χ0) is 18.8. The number of nitrogens with one attached hydrogen (secondary N) is 1. The second kappa shape index (κ2) is 7.11. The highest BCUT2D eigenvalue weighted by atomic mass is 16.7. The van der Waals surface area contributed by atoms with Crippen LogP contribution in [0, 0.1) is 6.92 Å². The number of rotatable bonds is 5. The molecular weight excluding hydrogens is 346 g/mol. The van der Waals surface area contributed by atoms with Crippen LogP contribution in [0.1, 0.15) is 30.0 Å². The number of aromatic nitrogens is 2. The largest absolute Gasteiger partial charge is 0.454 e. The van der Waals surface area contributed by atoms with Crippen LogP contribution in [0.4, 0.5) is 0 Å². The van der Waals surface area contributed by atoms with Gasteiger partial charge in [-0.1, -0.05) is 41.1 Å². The molecular formula is C20H19N3O4. The number of carbonyl (C=O) groups is 1. The van der Waals surface area contributed by atoms with E-state index in [0.29, 0.717) is 23.2 Å². The molecule has 1 aliphatic rings. The van der Waals surface area contributed by atoms with E-state index in [-0.39, 0.29) is 19.1 Å². The summed E-state index contributed by atoms with van der Waals surface area (Å²) in [5.74, 6) is 2.08. The number of carbonyl (C=O) groups excluding carboxylic acids is 1. The molecule has 1 N–H and O–H groups in total. The SMILES string of the molecule is Cc1ccc(-c2noc([C@H](C)NC(=O)Cc3ccc4c(c3)OCO4)n2)cc1. The quantitative estimate of drug-likeness (QED) is 0.747. The maximum Gasteiger partial charge on any atom is 0.249 e. The first-order chi connectivity index (χ1) is 13.1. The van der Waals surface area contributed by atoms with Crippen LogP contribution < -0.4 is 14.8 Å². The molecule has 2 aromatic carbocycles. The fourth-order valence-corrected chi connectivity index (χ4v) is 2.82. The van der Waals surface area contributed by atoms with Crippen molar-refractivity contribution in [2.75, 3.05) is 6.79 Å². The minimum Gasteiger partial charge on any atom is -0.454 e. The molecule has 0 saturated heterocycles. The average molecular weight is 365 g/mol. The van der Waals surface area contributed by atoms with E-state index in [1.165, 1.54) is 0 Å². The van der Waals surface area contributed by atoms with Crippen LogP contribution in [0.3, 0.4) is 0 Å². The highest BCUT2D eigenvalue weighted by Gasteiger charge is 2.19. The molecule has 27 heavy (non-hydrogen) atoms. The summed E-state index contributed by atoms with van der Waals surface area (Å²) in [6, 6.07) is 12.9. The lowest BCUT2D eigenvalue weighted by atomic mass is 10.1. The highest BCUT2D eigenvalue weighted by molar-refractivity contribution is 5.79.